The van der Waals surface area contributed by atoms with Crippen LogP contribution in [0.3, 0.4) is 0 Å². The van der Waals surface area contributed by atoms with Gasteiger partial charge in [-0.1, -0.05) is 6.07 Å². The fraction of sp³-hybridized carbons (Fsp3) is 0.500. The Morgan fingerprint density at radius 2 is 2.35 bits per heavy atom. The monoisotopic (exact) mass is 296 g/mol. The van der Waals surface area contributed by atoms with Gasteiger partial charge in [0.05, 0.1) is 11.3 Å². The number of aliphatic hydroxyl groups is 1. The molecule has 1 aromatic carbocycles. The number of benzene rings is 1. The van der Waals surface area contributed by atoms with Crippen LogP contribution in [0.5, 0.6) is 5.75 Å². The highest BCUT2D eigenvalue weighted by Gasteiger charge is 2.19. The zero-order chi connectivity index (χ0) is 14.6. The summed E-state index contributed by atoms with van der Waals surface area (Å²) in [5.74, 6) is 1.25. The van der Waals surface area contributed by atoms with Gasteiger partial charge in [0.25, 0.3) is 5.91 Å². The van der Waals surface area contributed by atoms with E-state index in [0.29, 0.717) is 30.3 Å². The van der Waals surface area contributed by atoms with Gasteiger partial charge in [-0.2, -0.15) is 11.8 Å². The third-order valence-corrected chi connectivity index (χ3v) is 3.88. The first-order valence-corrected chi connectivity index (χ1v) is 7.87. The summed E-state index contributed by atoms with van der Waals surface area (Å²) in [5.41, 5.74) is 1.02. The van der Waals surface area contributed by atoms with E-state index in [4.69, 9.17) is 4.74 Å². The van der Waals surface area contributed by atoms with Gasteiger partial charge in [0, 0.05) is 18.8 Å². The lowest BCUT2D eigenvalue weighted by Gasteiger charge is -2.23. The van der Waals surface area contributed by atoms with Crippen LogP contribution in [0.4, 0.5) is 5.69 Å². The van der Waals surface area contributed by atoms with Gasteiger partial charge in [0.1, 0.15) is 5.75 Å². The highest BCUT2D eigenvalue weighted by Crippen LogP contribution is 2.28. The summed E-state index contributed by atoms with van der Waals surface area (Å²) < 4.78 is 5.31. The van der Waals surface area contributed by atoms with Gasteiger partial charge >= 0.3 is 0 Å². The Kier molecular flexibility index (Phi) is 4.91. The Hall–Kier alpha value is -1.24. The molecule has 0 radical (unpaired) electrons. The molecule has 1 heterocycles. The third-order valence-electron chi connectivity index (χ3n) is 2.97. The van der Waals surface area contributed by atoms with E-state index in [1.165, 1.54) is 0 Å². The molecule has 2 rings (SSSR count). The first-order valence-electron chi connectivity index (χ1n) is 6.48. The van der Waals surface area contributed by atoms with Crippen molar-refractivity contribution in [1.82, 2.24) is 5.32 Å². The van der Waals surface area contributed by atoms with Crippen LogP contribution in [0.2, 0.25) is 0 Å². The second kappa shape index (κ2) is 6.47. The molecular formula is C14H20N2O3S. The Labute approximate surface area is 123 Å². The Bertz CT molecular complexity index is 491. The molecule has 3 N–H and O–H groups in total. The summed E-state index contributed by atoms with van der Waals surface area (Å²) in [4.78, 5) is 11.3. The fourth-order valence-corrected chi connectivity index (χ4v) is 2.80. The van der Waals surface area contributed by atoms with Crippen LogP contribution in [0.25, 0.3) is 0 Å². The normalized spacial score (nSPS) is 16.9. The standard InChI is InChI=1S/C14H20N2O3S/c1-14(18,9-20-2)8-15-6-10-3-4-12-11(5-10)16-13(17)7-19-12/h3-5,15,18H,6-9H2,1-2H3,(H,16,17). The van der Waals surface area contributed by atoms with Crippen molar-refractivity contribution in [2.75, 3.05) is 30.5 Å². The molecule has 0 fully saturated rings. The van der Waals surface area contributed by atoms with Crippen molar-refractivity contribution in [3.05, 3.63) is 23.8 Å². The molecule has 0 aromatic heterocycles. The van der Waals surface area contributed by atoms with Gasteiger partial charge in [-0.05, 0) is 30.9 Å². The van der Waals surface area contributed by atoms with Gasteiger partial charge in [0.2, 0.25) is 0 Å². The molecule has 1 unspecified atom stereocenters. The summed E-state index contributed by atoms with van der Waals surface area (Å²) in [6.45, 7) is 3.04. The molecule has 20 heavy (non-hydrogen) atoms. The molecule has 1 aromatic rings. The molecular weight excluding hydrogens is 276 g/mol. The highest BCUT2D eigenvalue weighted by atomic mass is 32.2. The van der Waals surface area contributed by atoms with E-state index in [-0.39, 0.29) is 12.5 Å². The molecule has 0 bridgehead atoms. The number of anilines is 1. The van der Waals surface area contributed by atoms with Crippen LogP contribution in [0.1, 0.15) is 12.5 Å². The van der Waals surface area contributed by atoms with Gasteiger partial charge < -0.3 is 20.5 Å². The summed E-state index contributed by atoms with van der Waals surface area (Å²) in [6, 6.07) is 5.70. The minimum absolute atomic E-state index is 0.0716. The summed E-state index contributed by atoms with van der Waals surface area (Å²) >= 11 is 1.62. The number of fused-ring (bicyclic) bond motifs is 1. The average molecular weight is 296 g/mol. The largest absolute Gasteiger partial charge is 0.482 e. The zero-order valence-electron chi connectivity index (χ0n) is 11.7. The van der Waals surface area contributed by atoms with Gasteiger partial charge in [-0.25, -0.2) is 0 Å². The molecule has 110 valence electrons. The molecule has 1 atom stereocenters. The number of ether oxygens (including phenoxy) is 1. The van der Waals surface area contributed by atoms with Crippen LogP contribution >= 0.6 is 11.8 Å². The second-order valence-electron chi connectivity index (χ2n) is 5.20. The summed E-state index contributed by atoms with van der Waals surface area (Å²) in [7, 11) is 0. The first kappa shape index (κ1) is 15.2. The number of carbonyl (C=O) groups is 1. The molecule has 1 aliphatic heterocycles. The van der Waals surface area contributed by atoms with Gasteiger partial charge in [-0.3, -0.25) is 4.79 Å². The molecule has 6 heteroatoms. The maximum atomic E-state index is 11.3. The number of amides is 1. The number of hydrogen-bond acceptors (Lipinski definition) is 5. The van der Waals surface area contributed by atoms with E-state index < -0.39 is 5.60 Å². The van der Waals surface area contributed by atoms with Crippen molar-refractivity contribution in [3.63, 3.8) is 0 Å². The number of carbonyl (C=O) groups excluding carboxylic acids is 1. The lowest BCUT2D eigenvalue weighted by molar-refractivity contribution is -0.118. The van der Waals surface area contributed by atoms with E-state index in [0.717, 1.165) is 5.56 Å². The van der Waals surface area contributed by atoms with Crippen LogP contribution < -0.4 is 15.4 Å². The van der Waals surface area contributed by atoms with Crippen molar-refractivity contribution in [3.8, 4) is 5.75 Å². The molecule has 5 nitrogen and oxygen atoms in total. The zero-order valence-corrected chi connectivity index (χ0v) is 12.5. The predicted molar refractivity (Wildman–Crippen MR) is 81.3 cm³/mol. The Morgan fingerprint density at radius 3 is 3.10 bits per heavy atom. The second-order valence-corrected chi connectivity index (χ2v) is 6.07. The highest BCUT2D eigenvalue weighted by molar-refractivity contribution is 7.98. The number of thioether (sulfide) groups is 1. The van der Waals surface area contributed by atoms with Crippen LogP contribution in [-0.2, 0) is 11.3 Å². The SMILES string of the molecule is CSCC(C)(O)CNCc1ccc2c(c1)NC(=O)CO2. The lowest BCUT2D eigenvalue weighted by Crippen LogP contribution is -2.39. The summed E-state index contributed by atoms with van der Waals surface area (Å²) in [5, 5.41) is 16.1. The van der Waals surface area contributed by atoms with Gasteiger partial charge in [-0.15, -0.1) is 0 Å². The average Bonchev–Trinajstić information content (AvgIpc) is 2.38. The molecule has 0 aliphatic carbocycles. The van der Waals surface area contributed by atoms with Gasteiger partial charge in [0.15, 0.2) is 6.61 Å². The maximum Gasteiger partial charge on any atom is 0.262 e. The number of rotatable bonds is 6. The van der Waals surface area contributed by atoms with E-state index in [9.17, 15) is 9.90 Å². The Morgan fingerprint density at radius 1 is 1.55 bits per heavy atom. The third kappa shape index (κ3) is 4.13. The van der Waals surface area contributed by atoms with E-state index in [1.54, 1.807) is 11.8 Å². The smallest absolute Gasteiger partial charge is 0.262 e. The van der Waals surface area contributed by atoms with Crippen LogP contribution in [-0.4, -0.2) is 41.8 Å². The lowest BCUT2D eigenvalue weighted by atomic mass is 10.1. The van der Waals surface area contributed by atoms with Crippen molar-refractivity contribution in [1.29, 1.82) is 0 Å². The van der Waals surface area contributed by atoms with E-state index in [2.05, 4.69) is 10.6 Å². The maximum absolute atomic E-state index is 11.3. The summed E-state index contributed by atoms with van der Waals surface area (Å²) in [6.07, 6.45) is 1.97. The predicted octanol–water partition coefficient (Wildman–Crippen LogP) is 1.22. The Balaban J connectivity index is 1.91. The van der Waals surface area contributed by atoms with Crippen molar-refractivity contribution < 1.29 is 14.6 Å². The van der Waals surface area contributed by atoms with Crippen LogP contribution in [0.15, 0.2) is 18.2 Å². The molecule has 0 spiro atoms. The first-order chi connectivity index (χ1) is 9.50. The fourth-order valence-electron chi connectivity index (χ4n) is 2.08. The molecule has 1 aliphatic rings. The van der Waals surface area contributed by atoms with Crippen molar-refractivity contribution in [2.45, 2.75) is 19.1 Å². The van der Waals surface area contributed by atoms with Crippen molar-refractivity contribution in [2.24, 2.45) is 0 Å². The number of nitrogens with one attached hydrogen (secondary N) is 2. The molecule has 1 amide bonds. The number of hydrogen-bond donors (Lipinski definition) is 3. The molecule has 0 saturated heterocycles. The molecule has 0 saturated carbocycles. The van der Waals surface area contributed by atoms with E-state index in [1.807, 2.05) is 31.4 Å². The topological polar surface area (TPSA) is 70.6 Å². The minimum Gasteiger partial charge on any atom is -0.482 e. The van der Waals surface area contributed by atoms with Crippen LogP contribution in [0, 0.1) is 0 Å². The van der Waals surface area contributed by atoms with E-state index >= 15 is 0 Å². The quantitative estimate of drug-likeness (QED) is 0.736. The minimum atomic E-state index is -0.717. The van der Waals surface area contributed by atoms with Crippen molar-refractivity contribution >= 4 is 23.4 Å².